The molecule has 1 aliphatic rings. The number of nitrogens with zero attached hydrogens (tertiary/aromatic N) is 1. The Morgan fingerprint density at radius 2 is 1.86 bits per heavy atom. The van der Waals surface area contributed by atoms with Crippen LogP contribution in [0.2, 0.25) is 0 Å². The highest BCUT2D eigenvalue weighted by Gasteiger charge is 2.22. The first-order valence-electron chi connectivity index (χ1n) is 4.97. The highest BCUT2D eigenvalue weighted by atomic mass is 16.1. The molecule has 0 atom stereocenters. The summed E-state index contributed by atoms with van der Waals surface area (Å²) in [4.78, 5) is 15.6. The van der Waals surface area contributed by atoms with Crippen molar-refractivity contribution in [1.29, 1.82) is 0 Å². The molecule has 0 radical (unpaired) electrons. The van der Waals surface area contributed by atoms with Gasteiger partial charge in [-0.25, -0.2) is 0 Å². The van der Waals surface area contributed by atoms with Gasteiger partial charge in [0, 0.05) is 30.1 Å². The van der Waals surface area contributed by atoms with Crippen molar-refractivity contribution in [2.45, 2.75) is 39.0 Å². The molecule has 1 aromatic rings. The van der Waals surface area contributed by atoms with Gasteiger partial charge < -0.3 is 0 Å². The molecule has 14 heavy (non-hydrogen) atoms. The van der Waals surface area contributed by atoms with E-state index in [-0.39, 0.29) is 5.41 Å². The summed E-state index contributed by atoms with van der Waals surface area (Å²) in [5, 5.41) is 0. The fraction of sp³-hybridized carbons (Fsp3) is 0.500. The number of pyridine rings is 1. The molecular weight excluding hydrogens is 174 g/mol. The summed E-state index contributed by atoms with van der Waals surface area (Å²) in [6.07, 6.45) is 3.04. The van der Waals surface area contributed by atoms with E-state index in [0.29, 0.717) is 18.6 Å². The predicted molar refractivity (Wildman–Crippen MR) is 55.4 cm³/mol. The molecule has 0 unspecified atom stereocenters. The van der Waals surface area contributed by atoms with E-state index in [2.05, 4.69) is 31.8 Å². The molecule has 2 rings (SSSR count). The summed E-state index contributed by atoms with van der Waals surface area (Å²) < 4.78 is 0. The van der Waals surface area contributed by atoms with Gasteiger partial charge >= 0.3 is 0 Å². The predicted octanol–water partition coefficient (Wildman–Crippen LogP) is 2.05. The number of aromatic nitrogens is 1. The quantitative estimate of drug-likeness (QED) is 0.625. The van der Waals surface area contributed by atoms with E-state index in [4.69, 9.17) is 0 Å². The van der Waals surface area contributed by atoms with Gasteiger partial charge in [0.05, 0.1) is 0 Å². The third-order valence-corrected chi connectivity index (χ3v) is 2.63. The maximum absolute atomic E-state index is 11.2. The fourth-order valence-corrected chi connectivity index (χ4v) is 1.75. The second-order valence-electron chi connectivity index (χ2n) is 4.98. The minimum Gasteiger partial charge on any atom is -0.299 e. The van der Waals surface area contributed by atoms with E-state index in [9.17, 15) is 4.79 Å². The zero-order chi connectivity index (χ0) is 10.3. The highest BCUT2D eigenvalue weighted by Crippen LogP contribution is 2.25. The first kappa shape index (κ1) is 9.38. The Morgan fingerprint density at radius 3 is 2.50 bits per heavy atom. The highest BCUT2D eigenvalue weighted by molar-refractivity contribution is 5.87. The molecule has 0 bridgehead atoms. The Hall–Kier alpha value is -1.18. The van der Waals surface area contributed by atoms with Gasteiger partial charge in [0.2, 0.25) is 0 Å². The normalized spacial score (nSPS) is 15.8. The molecule has 0 aliphatic heterocycles. The van der Waals surface area contributed by atoms with Gasteiger partial charge in [-0.1, -0.05) is 20.8 Å². The topological polar surface area (TPSA) is 30.0 Å². The van der Waals surface area contributed by atoms with Crippen LogP contribution in [0.15, 0.2) is 12.3 Å². The standard InChI is InChI=1S/C12H15NO/c1-12(2,3)11-6-8-4-10(14)5-9(8)7-13-11/h6-7H,4-5H2,1-3H3. The van der Waals surface area contributed by atoms with E-state index >= 15 is 0 Å². The molecule has 2 nitrogen and oxygen atoms in total. The molecule has 0 saturated carbocycles. The van der Waals surface area contributed by atoms with Gasteiger partial charge in [-0.3, -0.25) is 9.78 Å². The van der Waals surface area contributed by atoms with Crippen molar-refractivity contribution in [3.05, 3.63) is 29.1 Å². The number of rotatable bonds is 0. The van der Waals surface area contributed by atoms with Crippen LogP contribution >= 0.6 is 0 Å². The van der Waals surface area contributed by atoms with Gasteiger partial charge in [-0.2, -0.15) is 0 Å². The molecule has 0 saturated heterocycles. The van der Waals surface area contributed by atoms with Crippen molar-refractivity contribution in [3.63, 3.8) is 0 Å². The van der Waals surface area contributed by atoms with Crippen molar-refractivity contribution in [3.8, 4) is 0 Å². The summed E-state index contributed by atoms with van der Waals surface area (Å²) in [6, 6.07) is 2.08. The lowest BCUT2D eigenvalue weighted by Gasteiger charge is -2.18. The summed E-state index contributed by atoms with van der Waals surface area (Å²) in [7, 11) is 0. The van der Waals surface area contributed by atoms with E-state index in [1.165, 1.54) is 5.56 Å². The largest absolute Gasteiger partial charge is 0.299 e. The minimum absolute atomic E-state index is 0.0701. The summed E-state index contributed by atoms with van der Waals surface area (Å²) in [6.45, 7) is 6.41. The van der Waals surface area contributed by atoms with Crippen molar-refractivity contribution in [1.82, 2.24) is 4.98 Å². The maximum Gasteiger partial charge on any atom is 0.141 e. The average Bonchev–Trinajstić information content (AvgIpc) is 2.41. The van der Waals surface area contributed by atoms with Crippen molar-refractivity contribution >= 4 is 5.78 Å². The molecule has 0 N–H and O–H groups in total. The van der Waals surface area contributed by atoms with Crippen LogP contribution in [0.4, 0.5) is 0 Å². The molecule has 0 aromatic carbocycles. The lowest BCUT2D eigenvalue weighted by atomic mass is 9.90. The second kappa shape index (κ2) is 2.91. The zero-order valence-electron chi connectivity index (χ0n) is 8.92. The van der Waals surface area contributed by atoms with Crippen LogP contribution in [0, 0.1) is 0 Å². The van der Waals surface area contributed by atoms with Crippen molar-refractivity contribution in [2.75, 3.05) is 0 Å². The molecule has 1 aliphatic carbocycles. The van der Waals surface area contributed by atoms with Gasteiger partial charge in [-0.05, 0) is 17.2 Å². The average molecular weight is 189 g/mol. The van der Waals surface area contributed by atoms with Crippen LogP contribution in [0.5, 0.6) is 0 Å². The Labute approximate surface area is 84.4 Å². The van der Waals surface area contributed by atoms with Gasteiger partial charge in [0.1, 0.15) is 5.78 Å². The smallest absolute Gasteiger partial charge is 0.141 e. The van der Waals surface area contributed by atoms with Gasteiger partial charge in [-0.15, -0.1) is 0 Å². The number of hydrogen-bond acceptors (Lipinski definition) is 2. The maximum atomic E-state index is 11.2. The van der Waals surface area contributed by atoms with Crippen molar-refractivity contribution < 1.29 is 4.79 Å². The third-order valence-electron chi connectivity index (χ3n) is 2.63. The lowest BCUT2D eigenvalue weighted by Crippen LogP contribution is -2.13. The van der Waals surface area contributed by atoms with Crippen LogP contribution in [0.3, 0.4) is 0 Å². The lowest BCUT2D eigenvalue weighted by molar-refractivity contribution is -0.117. The molecule has 74 valence electrons. The molecule has 0 fully saturated rings. The number of carbonyl (C=O) groups excluding carboxylic acids is 1. The summed E-state index contributed by atoms with van der Waals surface area (Å²) in [5.41, 5.74) is 3.43. The summed E-state index contributed by atoms with van der Waals surface area (Å²) in [5.74, 6) is 0.313. The fourth-order valence-electron chi connectivity index (χ4n) is 1.75. The SMILES string of the molecule is CC(C)(C)c1cc2c(cn1)CC(=O)C2. The molecule has 0 amide bonds. The van der Waals surface area contributed by atoms with Crippen LogP contribution < -0.4 is 0 Å². The third kappa shape index (κ3) is 1.57. The Balaban J connectivity index is 2.43. The Bertz CT molecular complexity index is 388. The number of hydrogen-bond donors (Lipinski definition) is 0. The summed E-state index contributed by atoms with van der Waals surface area (Å²) >= 11 is 0. The van der Waals surface area contributed by atoms with Crippen molar-refractivity contribution in [2.24, 2.45) is 0 Å². The Morgan fingerprint density at radius 1 is 1.21 bits per heavy atom. The molecular formula is C12H15NO. The van der Waals surface area contributed by atoms with Crippen LogP contribution in [-0.4, -0.2) is 10.8 Å². The first-order chi connectivity index (χ1) is 6.47. The molecule has 1 aromatic heterocycles. The van der Waals surface area contributed by atoms with Gasteiger partial charge in [0.15, 0.2) is 0 Å². The monoisotopic (exact) mass is 189 g/mol. The van der Waals surface area contributed by atoms with Crippen LogP contribution in [-0.2, 0) is 23.1 Å². The Kier molecular flexibility index (Phi) is 1.95. The molecule has 2 heteroatoms. The second-order valence-corrected chi connectivity index (χ2v) is 4.98. The van der Waals surface area contributed by atoms with Crippen LogP contribution in [0.25, 0.3) is 0 Å². The molecule has 1 heterocycles. The minimum atomic E-state index is 0.0701. The van der Waals surface area contributed by atoms with Gasteiger partial charge in [0.25, 0.3) is 0 Å². The molecule has 0 spiro atoms. The number of ketones is 1. The number of fused-ring (bicyclic) bond motifs is 1. The number of carbonyl (C=O) groups is 1. The van der Waals surface area contributed by atoms with E-state index in [1.54, 1.807) is 0 Å². The number of Topliss-reactive ketones (excluding diaryl/α,β-unsaturated/α-hetero) is 1. The van der Waals surface area contributed by atoms with E-state index < -0.39 is 0 Å². The zero-order valence-corrected chi connectivity index (χ0v) is 8.92. The van der Waals surface area contributed by atoms with E-state index in [1.807, 2.05) is 6.20 Å². The van der Waals surface area contributed by atoms with Crippen LogP contribution in [0.1, 0.15) is 37.6 Å². The first-order valence-corrected chi connectivity index (χ1v) is 4.97. The van der Waals surface area contributed by atoms with E-state index in [0.717, 1.165) is 11.3 Å².